The Bertz CT molecular complexity index is 437. The van der Waals surface area contributed by atoms with Crippen LogP contribution < -0.4 is 0 Å². The van der Waals surface area contributed by atoms with Gasteiger partial charge in [-0.2, -0.15) is 0 Å². The van der Waals surface area contributed by atoms with E-state index < -0.39 is 11.4 Å². The van der Waals surface area contributed by atoms with Crippen molar-refractivity contribution in [1.82, 2.24) is 4.90 Å². The van der Waals surface area contributed by atoms with Crippen molar-refractivity contribution in [2.45, 2.75) is 19.4 Å². The van der Waals surface area contributed by atoms with E-state index in [0.717, 1.165) is 0 Å². The molecular formula is C12H14BrClFNO. The molecule has 2 nitrogen and oxygen atoms in total. The number of carbonyl (C=O) groups excluding carboxylic acids is 1. The van der Waals surface area contributed by atoms with Gasteiger partial charge in [0.25, 0.3) is 5.91 Å². The zero-order chi connectivity index (χ0) is 13.2. The van der Waals surface area contributed by atoms with Gasteiger partial charge in [0, 0.05) is 12.9 Å². The highest BCUT2D eigenvalue weighted by Crippen LogP contribution is 2.24. The Kier molecular flexibility index (Phi) is 4.55. The molecule has 5 heteroatoms. The van der Waals surface area contributed by atoms with Crippen molar-refractivity contribution >= 4 is 33.4 Å². The molecule has 0 bridgehead atoms. The first-order valence-electron chi connectivity index (χ1n) is 5.09. The number of benzene rings is 1. The number of hydrogen-bond donors (Lipinski definition) is 0. The number of nitrogens with zero attached hydrogens (tertiary/aromatic N) is 1. The van der Waals surface area contributed by atoms with E-state index in [1.54, 1.807) is 13.1 Å². The molecule has 0 radical (unpaired) electrons. The molecule has 1 rings (SSSR count). The number of carbonyl (C=O) groups is 1. The lowest BCUT2D eigenvalue weighted by Crippen LogP contribution is -2.46. The Morgan fingerprint density at radius 3 is 2.65 bits per heavy atom. The minimum absolute atomic E-state index is 0.183. The first kappa shape index (κ1) is 14.5. The molecule has 0 spiro atoms. The first-order chi connectivity index (χ1) is 7.81. The summed E-state index contributed by atoms with van der Waals surface area (Å²) in [5.41, 5.74) is -0.185. The fourth-order valence-electron chi connectivity index (χ4n) is 1.21. The molecule has 1 aromatic rings. The quantitative estimate of drug-likeness (QED) is 0.777. The lowest BCUT2D eigenvalue weighted by Gasteiger charge is -2.34. The van der Waals surface area contributed by atoms with Crippen LogP contribution in [0.15, 0.2) is 22.7 Å². The van der Waals surface area contributed by atoms with Gasteiger partial charge in [0.05, 0.1) is 15.6 Å². The van der Waals surface area contributed by atoms with Gasteiger partial charge >= 0.3 is 0 Å². The highest BCUT2D eigenvalue weighted by molar-refractivity contribution is 9.10. The molecule has 0 aliphatic rings. The van der Waals surface area contributed by atoms with Crippen molar-refractivity contribution < 1.29 is 9.18 Å². The van der Waals surface area contributed by atoms with Gasteiger partial charge in [-0.1, -0.05) is 6.07 Å². The Balaban J connectivity index is 3.09. The van der Waals surface area contributed by atoms with E-state index in [4.69, 9.17) is 11.6 Å². The summed E-state index contributed by atoms with van der Waals surface area (Å²) in [6.45, 7) is 3.70. The van der Waals surface area contributed by atoms with E-state index in [1.807, 2.05) is 13.8 Å². The second-order valence-electron chi connectivity index (χ2n) is 4.41. The highest BCUT2D eigenvalue weighted by Gasteiger charge is 2.28. The van der Waals surface area contributed by atoms with Gasteiger partial charge < -0.3 is 4.90 Å². The van der Waals surface area contributed by atoms with Crippen LogP contribution in [0.25, 0.3) is 0 Å². The van der Waals surface area contributed by atoms with Gasteiger partial charge in [-0.3, -0.25) is 4.79 Å². The van der Waals surface area contributed by atoms with E-state index in [-0.39, 0.29) is 10.4 Å². The minimum atomic E-state index is -0.482. The summed E-state index contributed by atoms with van der Waals surface area (Å²) < 4.78 is 13.5. The third-order valence-corrected chi connectivity index (χ3v) is 4.18. The molecule has 0 fully saturated rings. The standard InChI is InChI=1S/C12H14BrClFNO/c1-12(2,7-14)16(3)11(17)8-5-4-6-9(15)10(8)13/h4-6H,7H2,1-3H3. The van der Waals surface area contributed by atoms with Crippen LogP contribution >= 0.6 is 27.5 Å². The summed E-state index contributed by atoms with van der Waals surface area (Å²) in [4.78, 5) is 13.7. The zero-order valence-corrected chi connectivity index (χ0v) is 12.3. The molecule has 0 saturated heterocycles. The summed E-state index contributed by atoms with van der Waals surface area (Å²) in [6, 6.07) is 4.39. The van der Waals surface area contributed by atoms with Gasteiger partial charge in [0.15, 0.2) is 0 Å². The van der Waals surface area contributed by atoms with Gasteiger partial charge in [-0.15, -0.1) is 11.6 Å². The van der Waals surface area contributed by atoms with Gasteiger partial charge in [0.1, 0.15) is 5.82 Å². The third-order valence-electron chi connectivity index (χ3n) is 2.72. The molecule has 1 amide bonds. The van der Waals surface area contributed by atoms with Gasteiger partial charge in [0.2, 0.25) is 0 Å². The molecule has 0 aliphatic carbocycles. The minimum Gasteiger partial charge on any atom is -0.335 e. The predicted molar refractivity (Wildman–Crippen MR) is 71.0 cm³/mol. The van der Waals surface area contributed by atoms with Crippen molar-refractivity contribution in [3.63, 3.8) is 0 Å². The molecule has 0 heterocycles. The molecule has 0 unspecified atom stereocenters. The zero-order valence-electron chi connectivity index (χ0n) is 9.93. The van der Waals surface area contributed by atoms with Crippen molar-refractivity contribution in [2.24, 2.45) is 0 Å². The van der Waals surface area contributed by atoms with Crippen LogP contribution in [0.2, 0.25) is 0 Å². The highest BCUT2D eigenvalue weighted by atomic mass is 79.9. The molecule has 0 N–H and O–H groups in total. The summed E-state index contributed by atoms with van der Waals surface area (Å²) in [6.07, 6.45) is 0. The van der Waals surface area contributed by atoms with Crippen LogP contribution in [0.1, 0.15) is 24.2 Å². The number of rotatable bonds is 3. The van der Waals surface area contributed by atoms with Crippen molar-refractivity contribution in [2.75, 3.05) is 12.9 Å². The van der Waals surface area contributed by atoms with Crippen LogP contribution in [-0.2, 0) is 0 Å². The summed E-state index contributed by atoms with van der Waals surface area (Å²) >= 11 is 8.89. The Morgan fingerprint density at radius 1 is 1.53 bits per heavy atom. The Morgan fingerprint density at radius 2 is 2.12 bits per heavy atom. The number of alkyl halides is 1. The van der Waals surface area contributed by atoms with Gasteiger partial charge in [-0.25, -0.2) is 4.39 Å². The van der Waals surface area contributed by atoms with Crippen molar-refractivity contribution in [3.05, 3.63) is 34.1 Å². The average Bonchev–Trinajstić information content (AvgIpc) is 2.30. The Hall–Kier alpha value is -0.610. The fourth-order valence-corrected chi connectivity index (χ4v) is 1.83. The maximum absolute atomic E-state index is 13.3. The van der Waals surface area contributed by atoms with Crippen molar-refractivity contribution in [3.8, 4) is 0 Å². The molecule has 0 saturated carbocycles. The van der Waals surface area contributed by atoms with Gasteiger partial charge in [-0.05, 0) is 41.9 Å². The van der Waals surface area contributed by atoms with Crippen LogP contribution in [0.3, 0.4) is 0 Å². The topological polar surface area (TPSA) is 20.3 Å². The lowest BCUT2D eigenvalue weighted by molar-refractivity contribution is 0.0658. The Labute approximate surface area is 114 Å². The lowest BCUT2D eigenvalue weighted by atomic mass is 10.0. The number of hydrogen-bond acceptors (Lipinski definition) is 1. The molecule has 1 aromatic carbocycles. The van der Waals surface area contributed by atoms with E-state index in [0.29, 0.717) is 11.4 Å². The maximum atomic E-state index is 13.3. The number of halogens is 3. The molecular weight excluding hydrogens is 308 g/mol. The molecule has 0 atom stereocenters. The fraction of sp³-hybridized carbons (Fsp3) is 0.417. The summed E-state index contributed by atoms with van der Waals surface area (Å²) in [7, 11) is 1.65. The SMILES string of the molecule is CN(C(=O)c1cccc(F)c1Br)C(C)(C)CCl. The average molecular weight is 323 g/mol. The van der Waals surface area contributed by atoms with Crippen LogP contribution in [0.4, 0.5) is 4.39 Å². The summed E-state index contributed by atoms with van der Waals surface area (Å²) in [5, 5.41) is 0. The second kappa shape index (κ2) is 5.36. The van der Waals surface area contributed by atoms with E-state index in [9.17, 15) is 9.18 Å². The largest absolute Gasteiger partial charge is 0.335 e. The monoisotopic (exact) mass is 321 g/mol. The van der Waals surface area contributed by atoms with Crippen molar-refractivity contribution in [1.29, 1.82) is 0 Å². The molecule has 0 aromatic heterocycles. The van der Waals surface area contributed by atoms with Crippen LogP contribution in [-0.4, -0.2) is 29.3 Å². The maximum Gasteiger partial charge on any atom is 0.255 e. The third kappa shape index (κ3) is 2.99. The van der Waals surface area contributed by atoms with Crippen LogP contribution in [0, 0.1) is 5.82 Å². The van der Waals surface area contributed by atoms with E-state index in [1.165, 1.54) is 17.0 Å². The van der Waals surface area contributed by atoms with E-state index >= 15 is 0 Å². The second-order valence-corrected chi connectivity index (χ2v) is 5.47. The van der Waals surface area contributed by atoms with E-state index in [2.05, 4.69) is 15.9 Å². The normalized spacial score (nSPS) is 11.4. The smallest absolute Gasteiger partial charge is 0.255 e. The summed E-state index contributed by atoms with van der Waals surface area (Å²) in [5.74, 6) is -0.405. The molecule has 17 heavy (non-hydrogen) atoms. The predicted octanol–water partition coefficient (Wildman–Crippen LogP) is 3.68. The molecule has 0 aliphatic heterocycles. The number of amides is 1. The first-order valence-corrected chi connectivity index (χ1v) is 6.42. The van der Waals surface area contributed by atoms with Crippen LogP contribution in [0.5, 0.6) is 0 Å². The molecule has 94 valence electrons.